The van der Waals surface area contributed by atoms with E-state index >= 15 is 0 Å². The lowest BCUT2D eigenvalue weighted by Crippen LogP contribution is -2.41. The lowest BCUT2D eigenvalue weighted by Gasteiger charge is -2.34. The highest BCUT2D eigenvalue weighted by Gasteiger charge is 2.19. The zero-order valence-electron chi connectivity index (χ0n) is 9.96. The third-order valence-electron chi connectivity index (χ3n) is 3.35. The first-order valence-corrected chi connectivity index (χ1v) is 6.68. The molecule has 3 heteroatoms. The fourth-order valence-electron chi connectivity index (χ4n) is 2.27. The molecule has 0 radical (unpaired) electrons. The van der Waals surface area contributed by atoms with Crippen molar-refractivity contribution >= 4 is 21.6 Å². The van der Waals surface area contributed by atoms with Crippen LogP contribution in [0, 0.1) is 6.92 Å². The summed E-state index contributed by atoms with van der Waals surface area (Å²) >= 11 is 3.64. The van der Waals surface area contributed by atoms with Gasteiger partial charge in [-0.05, 0) is 60.4 Å². The number of piperidine rings is 1. The zero-order chi connectivity index (χ0) is 11.5. The second-order valence-corrected chi connectivity index (χ2v) is 5.36. The van der Waals surface area contributed by atoms with Gasteiger partial charge in [-0.25, -0.2) is 0 Å². The van der Waals surface area contributed by atoms with Crippen molar-refractivity contribution in [1.82, 2.24) is 5.32 Å². The Hall–Kier alpha value is -0.540. The predicted molar refractivity (Wildman–Crippen MR) is 73.2 cm³/mol. The van der Waals surface area contributed by atoms with Gasteiger partial charge in [-0.3, -0.25) is 0 Å². The third kappa shape index (κ3) is 2.58. The van der Waals surface area contributed by atoms with Crippen molar-refractivity contribution in [3.8, 4) is 0 Å². The Morgan fingerprint density at radius 2 is 2.00 bits per heavy atom. The van der Waals surface area contributed by atoms with E-state index in [2.05, 4.69) is 58.3 Å². The Kier molecular flexibility index (Phi) is 3.87. The standard InChI is InChI=1S/C13H19BrN2/c1-10-3-4-12(14)13(9-10)16-7-5-11(15-2)6-8-16/h3-4,9,11,15H,5-8H2,1-2H3. The van der Waals surface area contributed by atoms with Crippen molar-refractivity contribution in [2.24, 2.45) is 0 Å². The largest absolute Gasteiger partial charge is 0.370 e. The molecule has 1 fully saturated rings. The molecule has 0 unspecified atom stereocenters. The molecule has 0 amide bonds. The highest BCUT2D eigenvalue weighted by atomic mass is 79.9. The Bertz CT molecular complexity index is 357. The minimum absolute atomic E-state index is 0.694. The van der Waals surface area contributed by atoms with Crippen LogP contribution in [-0.4, -0.2) is 26.2 Å². The lowest BCUT2D eigenvalue weighted by atomic mass is 10.0. The summed E-state index contributed by atoms with van der Waals surface area (Å²) in [6.45, 7) is 4.44. The number of hydrogen-bond acceptors (Lipinski definition) is 2. The maximum atomic E-state index is 3.64. The molecule has 0 spiro atoms. The number of benzene rings is 1. The summed E-state index contributed by atoms with van der Waals surface area (Å²) < 4.78 is 1.21. The van der Waals surface area contributed by atoms with E-state index in [-0.39, 0.29) is 0 Å². The summed E-state index contributed by atoms with van der Waals surface area (Å²) in [7, 11) is 2.06. The van der Waals surface area contributed by atoms with Gasteiger partial charge in [0.2, 0.25) is 0 Å². The molecule has 1 aliphatic heterocycles. The van der Waals surface area contributed by atoms with E-state index in [0.717, 1.165) is 13.1 Å². The van der Waals surface area contributed by atoms with Gasteiger partial charge in [0.1, 0.15) is 0 Å². The van der Waals surface area contributed by atoms with Gasteiger partial charge in [-0.2, -0.15) is 0 Å². The van der Waals surface area contributed by atoms with Gasteiger partial charge in [-0.1, -0.05) is 6.07 Å². The summed E-state index contributed by atoms with van der Waals surface area (Å²) in [4.78, 5) is 2.48. The van der Waals surface area contributed by atoms with E-state index in [1.54, 1.807) is 0 Å². The molecule has 0 aliphatic carbocycles. The number of aryl methyl sites for hydroxylation is 1. The smallest absolute Gasteiger partial charge is 0.0513 e. The van der Waals surface area contributed by atoms with E-state index in [1.807, 2.05) is 0 Å². The van der Waals surface area contributed by atoms with Crippen molar-refractivity contribution in [3.63, 3.8) is 0 Å². The van der Waals surface area contributed by atoms with Crippen LogP contribution in [0.2, 0.25) is 0 Å². The maximum absolute atomic E-state index is 3.64. The quantitative estimate of drug-likeness (QED) is 0.897. The van der Waals surface area contributed by atoms with Gasteiger partial charge in [0, 0.05) is 23.6 Å². The van der Waals surface area contributed by atoms with Gasteiger partial charge in [0.15, 0.2) is 0 Å². The van der Waals surface area contributed by atoms with E-state index in [1.165, 1.54) is 28.6 Å². The average molecular weight is 283 g/mol. The molecule has 0 saturated carbocycles. The van der Waals surface area contributed by atoms with Crippen LogP contribution in [-0.2, 0) is 0 Å². The van der Waals surface area contributed by atoms with Crippen LogP contribution in [0.5, 0.6) is 0 Å². The first-order valence-electron chi connectivity index (χ1n) is 5.89. The van der Waals surface area contributed by atoms with Gasteiger partial charge in [-0.15, -0.1) is 0 Å². The SMILES string of the molecule is CNC1CCN(c2cc(C)ccc2Br)CC1. The number of rotatable bonds is 2. The zero-order valence-corrected chi connectivity index (χ0v) is 11.5. The minimum atomic E-state index is 0.694. The molecule has 1 aromatic rings. The molecule has 1 aromatic carbocycles. The van der Waals surface area contributed by atoms with Crippen LogP contribution < -0.4 is 10.2 Å². The number of nitrogens with zero attached hydrogens (tertiary/aromatic N) is 1. The van der Waals surface area contributed by atoms with Gasteiger partial charge >= 0.3 is 0 Å². The maximum Gasteiger partial charge on any atom is 0.0513 e. The van der Waals surface area contributed by atoms with E-state index in [0.29, 0.717) is 6.04 Å². The van der Waals surface area contributed by atoms with Crippen LogP contribution in [0.15, 0.2) is 22.7 Å². The highest BCUT2D eigenvalue weighted by molar-refractivity contribution is 9.10. The van der Waals surface area contributed by atoms with Crippen molar-refractivity contribution in [2.45, 2.75) is 25.8 Å². The van der Waals surface area contributed by atoms with Crippen LogP contribution in [0.25, 0.3) is 0 Å². The third-order valence-corrected chi connectivity index (χ3v) is 4.02. The fourth-order valence-corrected chi connectivity index (χ4v) is 2.77. The topological polar surface area (TPSA) is 15.3 Å². The fraction of sp³-hybridized carbons (Fsp3) is 0.538. The first kappa shape index (κ1) is 11.9. The number of halogens is 1. The van der Waals surface area contributed by atoms with Crippen molar-refractivity contribution in [1.29, 1.82) is 0 Å². The minimum Gasteiger partial charge on any atom is -0.370 e. The Morgan fingerprint density at radius 1 is 1.31 bits per heavy atom. The van der Waals surface area contributed by atoms with Crippen molar-refractivity contribution < 1.29 is 0 Å². The molecular formula is C13H19BrN2. The number of nitrogens with one attached hydrogen (secondary N) is 1. The van der Waals surface area contributed by atoms with Gasteiger partial charge < -0.3 is 10.2 Å². The number of hydrogen-bond donors (Lipinski definition) is 1. The Labute approximate surface area is 106 Å². The molecule has 1 heterocycles. The van der Waals surface area contributed by atoms with Crippen LogP contribution in [0.4, 0.5) is 5.69 Å². The monoisotopic (exact) mass is 282 g/mol. The van der Waals surface area contributed by atoms with Crippen LogP contribution in [0.1, 0.15) is 18.4 Å². The second-order valence-electron chi connectivity index (χ2n) is 4.50. The van der Waals surface area contributed by atoms with Gasteiger partial charge in [0.05, 0.1) is 5.69 Å². The molecule has 2 rings (SSSR count). The van der Waals surface area contributed by atoms with E-state index in [4.69, 9.17) is 0 Å². The second kappa shape index (κ2) is 5.19. The van der Waals surface area contributed by atoms with E-state index in [9.17, 15) is 0 Å². The molecule has 1 N–H and O–H groups in total. The molecule has 16 heavy (non-hydrogen) atoms. The highest BCUT2D eigenvalue weighted by Crippen LogP contribution is 2.29. The summed E-state index contributed by atoms with van der Waals surface area (Å²) in [5.74, 6) is 0. The molecule has 0 aromatic heterocycles. The Morgan fingerprint density at radius 3 is 2.62 bits per heavy atom. The summed E-state index contributed by atoms with van der Waals surface area (Å²) in [5, 5.41) is 3.36. The predicted octanol–water partition coefficient (Wildman–Crippen LogP) is 2.95. The van der Waals surface area contributed by atoms with Gasteiger partial charge in [0.25, 0.3) is 0 Å². The molecule has 88 valence electrons. The molecular weight excluding hydrogens is 264 g/mol. The number of anilines is 1. The van der Waals surface area contributed by atoms with Crippen LogP contribution >= 0.6 is 15.9 Å². The van der Waals surface area contributed by atoms with Crippen molar-refractivity contribution in [3.05, 3.63) is 28.2 Å². The van der Waals surface area contributed by atoms with E-state index < -0.39 is 0 Å². The molecule has 1 aliphatic rings. The first-order chi connectivity index (χ1) is 7.70. The summed E-state index contributed by atoms with van der Waals surface area (Å²) in [6, 6.07) is 7.26. The summed E-state index contributed by atoms with van der Waals surface area (Å²) in [6.07, 6.45) is 2.47. The average Bonchev–Trinajstić information content (AvgIpc) is 2.32. The normalized spacial score (nSPS) is 17.8. The molecule has 0 atom stereocenters. The molecule has 0 bridgehead atoms. The molecule has 1 saturated heterocycles. The molecule has 2 nitrogen and oxygen atoms in total. The Balaban J connectivity index is 2.10. The summed E-state index contributed by atoms with van der Waals surface area (Å²) in [5.41, 5.74) is 2.67. The van der Waals surface area contributed by atoms with Crippen LogP contribution in [0.3, 0.4) is 0 Å². The lowest BCUT2D eigenvalue weighted by molar-refractivity contribution is 0.442. The van der Waals surface area contributed by atoms with Crippen molar-refractivity contribution in [2.75, 3.05) is 25.0 Å².